The minimum Gasteiger partial charge on any atom is -0.455 e. The lowest BCUT2D eigenvalue weighted by Crippen LogP contribution is -2.43. The van der Waals surface area contributed by atoms with Gasteiger partial charge in [0, 0.05) is 29.5 Å². The van der Waals surface area contributed by atoms with E-state index in [4.69, 9.17) is 4.74 Å². The number of carbonyl (C=O) groups is 4. The lowest BCUT2D eigenvalue weighted by molar-refractivity contribution is -0.152. The highest BCUT2D eigenvalue weighted by Crippen LogP contribution is 2.21. The first-order valence-electron chi connectivity index (χ1n) is 9.25. The van der Waals surface area contributed by atoms with Gasteiger partial charge in [-0.25, -0.2) is 0 Å². The van der Waals surface area contributed by atoms with Gasteiger partial charge in [-0.05, 0) is 29.8 Å². The summed E-state index contributed by atoms with van der Waals surface area (Å²) < 4.78 is 5.82. The molecule has 0 unspecified atom stereocenters. The van der Waals surface area contributed by atoms with Crippen molar-refractivity contribution in [1.82, 2.24) is 15.8 Å². The number of ether oxygens (including phenoxy) is 1. The van der Waals surface area contributed by atoms with Crippen molar-refractivity contribution in [2.24, 2.45) is 5.92 Å². The Kier molecular flexibility index (Phi) is 7.18. The zero-order chi connectivity index (χ0) is 21.5. The molecule has 8 nitrogen and oxygen atoms in total. The molecule has 1 heterocycles. The SMILES string of the molecule is O=C(COC(=O)[C@@H]1CC(=O)N(Cc2ccccc2)C1)NNC(=O)c1ccc(Br)cc1. The summed E-state index contributed by atoms with van der Waals surface area (Å²) in [6, 6.07) is 16.0. The molecule has 2 aromatic carbocycles. The lowest BCUT2D eigenvalue weighted by Gasteiger charge is -2.16. The van der Waals surface area contributed by atoms with Gasteiger partial charge in [0.15, 0.2) is 6.61 Å². The van der Waals surface area contributed by atoms with Gasteiger partial charge < -0.3 is 9.64 Å². The highest BCUT2D eigenvalue weighted by atomic mass is 79.9. The van der Waals surface area contributed by atoms with Crippen molar-refractivity contribution in [3.05, 3.63) is 70.2 Å². The first-order valence-corrected chi connectivity index (χ1v) is 10.0. The molecule has 0 spiro atoms. The fourth-order valence-electron chi connectivity index (χ4n) is 2.98. The Morgan fingerprint density at radius 2 is 1.73 bits per heavy atom. The van der Waals surface area contributed by atoms with E-state index in [0.717, 1.165) is 10.0 Å². The molecule has 0 radical (unpaired) electrons. The molecule has 1 aliphatic heterocycles. The summed E-state index contributed by atoms with van der Waals surface area (Å²) in [6.45, 7) is 0.114. The summed E-state index contributed by atoms with van der Waals surface area (Å²) in [5, 5.41) is 0. The van der Waals surface area contributed by atoms with Crippen LogP contribution in [0.1, 0.15) is 22.3 Å². The molecule has 0 saturated carbocycles. The van der Waals surface area contributed by atoms with E-state index in [1.807, 2.05) is 30.3 Å². The minimum absolute atomic E-state index is 0.0492. The monoisotopic (exact) mass is 473 g/mol. The van der Waals surface area contributed by atoms with Crippen LogP contribution >= 0.6 is 15.9 Å². The number of benzene rings is 2. The Bertz CT molecular complexity index is 933. The van der Waals surface area contributed by atoms with Gasteiger partial charge in [-0.3, -0.25) is 30.0 Å². The van der Waals surface area contributed by atoms with Crippen LogP contribution in [0, 0.1) is 5.92 Å². The normalized spacial score (nSPS) is 15.6. The van der Waals surface area contributed by atoms with Crippen molar-refractivity contribution in [3.63, 3.8) is 0 Å². The first-order chi connectivity index (χ1) is 14.4. The molecular formula is C21H20BrN3O5. The summed E-state index contributed by atoms with van der Waals surface area (Å²) in [4.78, 5) is 49.7. The van der Waals surface area contributed by atoms with E-state index in [2.05, 4.69) is 26.8 Å². The molecule has 1 fully saturated rings. The maximum Gasteiger partial charge on any atom is 0.311 e. The molecule has 0 bridgehead atoms. The molecule has 1 aliphatic rings. The topological polar surface area (TPSA) is 105 Å². The second-order valence-electron chi connectivity index (χ2n) is 6.78. The van der Waals surface area contributed by atoms with E-state index in [0.29, 0.717) is 12.1 Å². The summed E-state index contributed by atoms with van der Waals surface area (Å²) in [6.07, 6.45) is 0.0492. The van der Waals surface area contributed by atoms with Crippen molar-refractivity contribution >= 4 is 39.6 Å². The number of esters is 1. The van der Waals surface area contributed by atoms with Crippen molar-refractivity contribution in [3.8, 4) is 0 Å². The van der Waals surface area contributed by atoms with Crippen LogP contribution in [0.2, 0.25) is 0 Å². The molecule has 3 amide bonds. The van der Waals surface area contributed by atoms with E-state index >= 15 is 0 Å². The van der Waals surface area contributed by atoms with Crippen molar-refractivity contribution in [1.29, 1.82) is 0 Å². The van der Waals surface area contributed by atoms with E-state index in [1.54, 1.807) is 29.2 Å². The number of carbonyl (C=O) groups excluding carboxylic acids is 4. The third-order valence-electron chi connectivity index (χ3n) is 4.53. The van der Waals surface area contributed by atoms with Crippen LogP contribution in [-0.4, -0.2) is 41.7 Å². The minimum atomic E-state index is -0.681. The fraction of sp³-hybridized carbons (Fsp3) is 0.238. The van der Waals surface area contributed by atoms with Crippen molar-refractivity contribution in [2.45, 2.75) is 13.0 Å². The van der Waals surface area contributed by atoms with Crippen LogP contribution in [-0.2, 0) is 25.7 Å². The van der Waals surface area contributed by atoms with Crippen LogP contribution in [0.4, 0.5) is 0 Å². The van der Waals surface area contributed by atoms with Crippen molar-refractivity contribution in [2.75, 3.05) is 13.2 Å². The zero-order valence-corrected chi connectivity index (χ0v) is 17.6. The molecule has 2 aromatic rings. The third-order valence-corrected chi connectivity index (χ3v) is 5.06. The molecule has 2 N–H and O–H groups in total. The second-order valence-corrected chi connectivity index (χ2v) is 7.69. The molecule has 30 heavy (non-hydrogen) atoms. The number of amides is 3. The van der Waals surface area contributed by atoms with E-state index in [1.165, 1.54) is 0 Å². The number of rotatable bonds is 6. The highest BCUT2D eigenvalue weighted by molar-refractivity contribution is 9.10. The predicted octanol–water partition coefficient (Wildman–Crippen LogP) is 1.80. The van der Waals surface area contributed by atoms with Gasteiger partial charge in [0.1, 0.15) is 0 Å². The van der Waals surface area contributed by atoms with Gasteiger partial charge in [-0.15, -0.1) is 0 Å². The molecule has 156 valence electrons. The van der Waals surface area contributed by atoms with Gasteiger partial charge in [0.25, 0.3) is 11.8 Å². The molecule has 9 heteroatoms. The maximum atomic E-state index is 12.2. The van der Waals surface area contributed by atoms with Crippen LogP contribution in [0.5, 0.6) is 0 Å². The quantitative estimate of drug-likeness (QED) is 0.491. The zero-order valence-electron chi connectivity index (χ0n) is 16.0. The number of hydrogen-bond donors (Lipinski definition) is 2. The Morgan fingerprint density at radius 3 is 2.43 bits per heavy atom. The van der Waals surface area contributed by atoms with E-state index in [9.17, 15) is 19.2 Å². The highest BCUT2D eigenvalue weighted by Gasteiger charge is 2.35. The molecule has 0 aliphatic carbocycles. The largest absolute Gasteiger partial charge is 0.455 e. The molecule has 0 aromatic heterocycles. The Labute approximate surface area is 181 Å². The molecule has 1 saturated heterocycles. The number of halogens is 1. The maximum absolute atomic E-state index is 12.2. The van der Waals surface area contributed by atoms with Gasteiger partial charge in [-0.2, -0.15) is 0 Å². The molecule has 3 rings (SSSR count). The first kappa shape index (κ1) is 21.5. The predicted molar refractivity (Wildman–Crippen MR) is 111 cm³/mol. The summed E-state index contributed by atoms with van der Waals surface area (Å²) in [7, 11) is 0. The third kappa shape index (κ3) is 5.90. The van der Waals surface area contributed by atoms with Gasteiger partial charge in [0.2, 0.25) is 5.91 Å². The van der Waals surface area contributed by atoms with E-state index in [-0.39, 0.29) is 18.9 Å². The number of hydrazine groups is 1. The molecule has 1 atom stereocenters. The van der Waals surface area contributed by atoms with Crippen LogP contribution < -0.4 is 10.9 Å². The smallest absolute Gasteiger partial charge is 0.311 e. The van der Waals surface area contributed by atoms with Gasteiger partial charge >= 0.3 is 5.97 Å². The van der Waals surface area contributed by atoms with E-state index < -0.39 is 30.3 Å². The summed E-state index contributed by atoms with van der Waals surface area (Å²) in [5.41, 5.74) is 5.76. The van der Waals surface area contributed by atoms with Crippen LogP contribution in [0.25, 0.3) is 0 Å². The van der Waals surface area contributed by atoms with Crippen LogP contribution in [0.15, 0.2) is 59.1 Å². The van der Waals surface area contributed by atoms with Crippen molar-refractivity contribution < 1.29 is 23.9 Å². The standard InChI is InChI=1S/C21H20BrN3O5/c22-17-8-6-15(7-9-17)20(28)24-23-18(26)13-30-21(29)16-10-19(27)25(12-16)11-14-4-2-1-3-5-14/h1-9,16H,10-13H2,(H,23,26)(H,24,28)/t16-/m1/s1. The number of hydrogen-bond acceptors (Lipinski definition) is 5. The number of nitrogens with zero attached hydrogens (tertiary/aromatic N) is 1. The average Bonchev–Trinajstić information content (AvgIpc) is 3.11. The molecular weight excluding hydrogens is 454 g/mol. The summed E-state index contributed by atoms with van der Waals surface area (Å²) in [5.74, 6) is -2.55. The van der Waals surface area contributed by atoms with Gasteiger partial charge in [0.05, 0.1) is 5.92 Å². The Morgan fingerprint density at radius 1 is 1.03 bits per heavy atom. The average molecular weight is 474 g/mol. The summed E-state index contributed by atoms with van der Waals surface area (Å²) >= 11 is 3.27. The number of likely N-dealkylation sites (tertiary alicyclic amines) is 1. The van der Waals surface area contributed by atoms with Crippen LogP contribution in [0.3, 0.4) is 0 Å². The second kappa shape index (κ2) is 10.0. The number of nitrogens with one attached hydrogen (secondary N) is 2. The van der Waals surface area contributed by atoms with Gasteiger partial charge in [-0.1, -0.05) is 46.3 Å². The fourth-order valence-corrected chi connectivity index (χ4v) is 3.24. The Balaban J connectivity index is 1.40. The Hall–Kier alpha value is -3.20. The lowest BCUT2D eigenvalue weighted by atomic mass is 10.1.